The third kappa shape index (κ3) is 4.77. The highest BCUT2D eigenvalue weighted by Gasteiger charge is 2.11. The van der Waals surface area contributed by atoms with Crippen LogP contribution in [-0.2, 0) is 22.7 Å². The Morgan fingerprint density at radius 2 is 1.63 bits per heavy atom. The highest BCUT2D eigenvalue weighted by atomic mass is 16.7. The van der Waals surface area contributed by atoms with Crippen LogP contribution in [0, 0.1) is 0 Å². The fourth-order valence-electron chi connectivity index (χ4n) is 1.58. The molecule has 0 fully saturated rings. The summed E-state index contributed by atoms with van der Waals surface area (Å²) in [5.41, 5.74) is 2.99. The first-order valence-corrected chi connectivity index (χ1v) is 6.14. The minimum absolute atomic E-state index is 0.317. The van der Waals surface area contributed by atoms with Crippen LogP contribution < -0.4 is 0 Å². The van der Waals surface area contributed by atoms with E-state index >= 15 is 0 Å². The van der Waals surface area contributed by atoms with E-state index in [0.29, 0.717) is 19.6 Å². The molecule has 2 aromatic rings. The maximum atomic E-state index is 5.72. The SMILES string of the molecule is C=C(C)CC(OCc1ccoc1)OCc1ccoc1. The maximum absolute atomic E-state index is 5.72. The van der Waals surface area contributed by atoms with E-state index in [9.17, 15) is 0 Å². The quantitative estimate of drug-likeness (QED) is 0.534. The molecule has 0 saturated heterocycles. The normalized spacial score (nSPS) is 11.1. The van der Waals surface area contributed by atoms with Crippen molar-refractivity contribution < 1.29 is 18.3 Å². The summed E-state index contributed by atoms with van der Waals surface area (Å²) >= 11 is 0. The van der Waals surface area contributed by atoms with Crippen LogP contribution in [0.3, 0.4) is 0 Å². The molecule has 0 aliphatic carbocycles. The van der Waals surface area contributed by atoms with E-state index in [4.69, 9.17) is 18.3 Å². The Hall–Kier alpha value is -1.78. The van der Waals surface area contributed by atoms with Gasteiger partial charge in [-0.15, -0.1) is 0 Å². The third-order valence-electron chi connectivity index (χ3n) is 2.55. The van der Waals surface area contributed by atoms with Gasteiger partial charge < -0.3 is 18.3 Å². The first-order chi connectivity index (χ1) is 9.24. The van der Waals surface area contributed by atoms with Crippen LogP contribution in [0.1, 0.15) is 24.5 Å². The van der Waals surface area contributed by atoms with Gasteiger partial charge in [0.25, 0.3) is 0 Å². The van der Waals surface area contributed by atoms with Crippen LogP contribution in [0.4, 0.5) is 0 Å². The van der Waals surface area contributed by atoms with E-state index in [1.165, 1.54) is 0 Å². The van der Waals surface area contributed by atoms with E-state index < -0.39 is 0 Å². The van der Waals surface area contributed by atoms with Gasteiger partial charge in [-0.25, -0.2) is 0 Å². The third-order valence-corrected chi connectivity index (χ3v) is 2.55. The van der Waals surface area contributed by atoms with E-state index in [1.807, 2.05) is 19.1 Å². The largest absolute Gasteiger partial charge is 0.472 e. The van der Waals surface area contributed by atoms with Crippen molar-refractivity contribution in [3.8, 4) is 0 Å². The second kappa shape index (κ2) is 6.97. The number of hydrogen-bond acceptors (Lipinski definition) is 4. The van der Waals surface area contributed by atoms with Crippen LogP contribution in [-0.4, -0.2) is 6.29 Å². The lowest BCUT2D eigenvalue weighted by atomic mass is 10.2. The highest BCUT2D eigenvalue weighted by molar-refractivity contribution is 5.04. The van der Waals surface area contributed by atoms with Crippen LogP contribution in [0.2, 0.25) is 0 Å². The summed E-state index contributed by atoms with van der Waals surface area (Å²) in [6.45, 7) is 6.76. The van der Waals surface area contributed by atoms with Gasteiger partial charge in [0.2, 0.25) is 0 Å². The first kappa shape index (κ1) is 13.6. The molecule has 0 atom stereocenters. The predicted octanol–water partition coefficient (Wildman–Crippen LogP) is 3.90. The van der Waals surface area contributed by atoms with Gasteiger partial charge in [0.05, 0.1) is 38.3 Å². The Labute approximate surface area is 112 Å². The molecule has 4 heteroatoms. The Morgan fingerprint density at radius 1 is 1.11 bits per heavy atom. The lowest BCUT2D eigenvalue weighted by molar-refractivity contribution is -0.155. The van der Waals surface area contributed by atoms with Crippen LogP contribution in [0.15, 0.2) is 58.2 Å². The minimum atomic E-state index is -0.317. The molecule has 0 unspecified atom stereocenters. The summed E-state index contributed by atoms with van der Waals surface area (Å²) in [6.07, 6.45) is 6.91. The van der Waals surface area contributed by atoms with Crippen LogP contribution in [0.5, 0.6) is 0 Å². The van der Waals surface area contributed by atoms with Crippen molar-refractivity contribution in [3.05, 3.63) is 60.5 Å². The molecule has 0 aromatic carbocycles. The Kier molecular flexibility index (Phi) is 5.01. The molecule has 4 nitrogen and oxygen atoms in total. The first-order valence-electron chi connectivity index (χ1n) is 6.14. The maximum Gasteiger partial charge on any atom is 0.162 e. The molecule has 0 bridgehead atoms. The summed E-state index contributed by atoms with van der Waals surface area (Å²) in [7, 11) is 0. The molecular formula is C15H18O4. The van der Waals surface area contributed by atoms with E-state index in [1.54, 1.807) is 25.1 Å². The van der Waals surface area contributed by atoms with Crippen molar-refractivity contribution in [1.29, 1.82) is 0 Å². The van der Waals surface area contributed by atoms with Crippen molar-refractivity contribution in [2.24, 2.45) is 0 Å². The molecule has 0 spiro atoms. The average molecular weight is 262 g/mol. The molecule has 19 heavy (non-hydrogen) atoms. The minimum Gasteiger partial charge on any atom is -0.472 e. The van der Waals surface area contributed by atoms with Gasteiger partial charge in [-0.2, -0.15) is 0 Å². The molecule has 2 rings (SSSR count). The number of rotatable bonds is 8. The molecule has 0 aliphatic heterocycles. The van der Waals surface area contributed by atoms with Gasteiger partial charge in [0, 0.05) is 17.5 Å². The summed E-state index contributed by atoms with van der Waals surface area (Å²) in [5, 5.41) is 0. The Balaban J connectivity index is 1.82. The molecule has 0 saturated carbocycles. The summed E-state index contributed by atoms with van der Waals surface area (Å²) in [5.74, 6) is 0. The second-order valence-electron chi connectivity index (χ2n) is 4.48. The smallest absolute Gasteiger partial charge is 0.162 e. The van der Waals surface area contributed by atoms with Crippen LogP contribution in [0.25, 0.3) is 0 Å². The zero-order chi connectivity index (χ0) is 13.5. The highest BCUT2D eigenvalue weighted by Crippen LogP contribution is 2.14. The molecular weight excluding hydrogens is 244 g/mol. The monoisotopic (exact) mass is 262 g/mol. The molecule has 102 valence electrons. The topological polar surface area (TPSA) is 44.7 Å². The van der Waals surface area contributed by atoms with E-state index in [0.717, 1.165) is 16.7 Å². The molecule has 2 heterocycles. The van der Waals surface area contributed by atoms with Gasteiger partial charge in [-0.05, 0) is 19.1 Å². The number of ether oxygens (including phenoxy) is 2. The summed E-state index contributed by atoms with van der Waals surface area (Å²) in [6, 6.07) is 3.74. The zero-order valence-electron chi connectivity index (χ0n) is 11.0. The zero-order valence-corrected chi connectivity index (χ0v) is 11.0. The van der Waals surface area contributed by atoms with E-state index in [2.05, 4.69) is 6.58 Å². The van der Waals surface area contributed by atoms with Crippen molar-refractivity contribution in [3.63, 3.8) is 0 Å². The predicted molar refractivity (Wildman–Crippen MR) is 70.2 cm³/mol. The summed E-state index contributed by atoms with van der Waals surface area (Å²) in [4.78, 5) is 0. The molecule has 0 amide bonds. The lowest BCUT2D eigenvalue weighted by Gasteiger charge is -2.18. The number of furan rings is 2. The Bertz CT molecular complexity index is 432. The van der Waals surface area contributed by atoms with Crippen molar-refractivity contribution in [1.82, 2.24) is 0 Å². The van der Waals surface area contributed by atoms with E-state index in [-0.39, 0.29) is 6.29 Å². The Morgan fingerprint density at radius 3 is 2.00 bits per heavy atom. The summed E-state index contributed by atoms with van der Waals surface area (Å²) < 4.78 is 21.4. The standard InChI is InChI=1S/C15H18O4/c1-12(2)7-15(18-10-13-3-5-16-8-13)19-11-14-4-6-17-9-14/h3-6,8-9,15H,1,7,10-11H2,2H3. The average Bonchev–Trinajstić information content (AvgIpc) is 3.05. The van der Waals surface area contributed by atoms with Crippen LogP contribution >= 0.6 is 0 Å². The van der Waals surface area contributed by atoms with Gasteiger partial charge in [-0.3, -0.25) is 0 Å². The second-order valence-corrected chi connectivity index (χ2v) is 4.48. The van der Waals surface area contributed by atoms with Crippen molar-refractivity contribution in [2.45, 2.75) is 32.8 Å². The molecule has 0 N–H and O–H groups in total. The van der Waals surface area contributed by atoms with Gasteiger partial charge in [0.1, 0.15) is 0 Å². The molecule has 0 radical (unpaired) electrons. The van der Waals surface area contributed by atoms with Gasteiger partial charge in [-0.1, -0.05) is 12.2 Å². The number of hydrogen-bond donors (Lipinski definition) is 0. The van der Waals surface area contributed by atoms with Gasteiger partial charge >= 0.3 is 0 Å². The van der Waals surface area contributed by atoms with Crippen molar-refractivity contribution in [2.75, 3.05) is 0 Å². The van der Waals surface area contributed by atoms with Gasteiger partial charge in [0.15, 0.2) is 6.29 Å². The lowest BCUT2D eigenvalue weighted by Crippen LogP contribution is -2.17. The molecule has 0 aliphatic rings. The van der Waals surface area contributed by atoms with Crippen molar-refractivity contribution >= 4 is 0 Å². The fraction of sp³-hybridized carbons (Fsp3) is 0.333. The molecule has 2 aromatic heterocycles. The fourth-order valence-corrected chi connectivity index (χ4v) is 1.58.